The minimum absolute atomic E-state index is 0.00584. The quantitative estimate of drug-likeness (QED) is 0.0127. The minimum Gasteiger partial charge on any atom is -0.508 e. The summed E-state index contributed by atoms with van der Waals surface area (Å²) in [6, 6.07) is 28.0. The standard InChI is InChI=1S/C93H131ClN16O20/c1-62(2)86(104-83(114)31-43-127-50-52-129-51-49-126-42-30-82(113)99-36-39-107(84(115)32-44-124-46-37-101-92(123)130-93(5,6)7)38-35-98-81(112)29-41-125-47-48-128-45-33-85(116)117)88(119)103-78(20-15-34-100-91(96)122)87(118)102-70-23-21-67(68(53-70)59-97-8)61-110(11,12)40-16-19-72-54-65-17-13-14-18-66(65)60-108(72)89(120)75-28-22-69(94)55-77(75)80-57-76(63(3)106(80)10)90(121)109(71-24-26-74(111)27-25-71)79-56-73(58-95)105(9)64(79)4/h13-14,17-18,21-28,53,55-57,62,72,78,86,97H,15-16,19-20,29-52,54,59-61H2,1-12H3,(H10-,96,98,99,100,101,102,103,104,111,112,113,114,116,117,118,119,122,123)/p+1/t72-,78+,86+/m1/s1. The molecule has 710 valence electrons. The van der Waals surface area contributed by atoms with E-state index in [1.807, 2.05) is 67.7 Å². The number of hydrogen-bond donors (Lipinski definition) is 11. The lowest BCUT2D eigenvalue weighted by Crippen LogP contribution is -2.54. The van der Waals surface area contributed by atoms with Gasteiger partial charge in [0.25, 0.3) is 11.8 Å². The molecule has 0 saturated heterocycles. The van der Waals surface area contributed by atoms with Crippen molar-refractivity contribution in [3.05, 3.63) is 153 Å². The van der Waals surface area contributed by atoms with E-state index in [-0.39, 0.29) is 205 Å². The number of fused-ring (bicyclic) bond motifs is 1. The van der Waals surface area contributed by atoms with Gasteiger partial charge in [-0.25, -0.2) is 9.59 Å². The number of alkyl carbamates (subject to hydrolysis) is 1. The van der Waals surface area contributed by atoms with Crippen LogP contribution in [-0.2, 0) is 107 Å². The fraction of sp³-hybridized carbons (Fsp3) is 0.527. The lowest BCUT2D eigenvalue weighted by Gasteiger charge is -2.38. The molecule has 12 N–H and O–H groups in total. The van der Waals surface area contributed by atoms with Crippen LogP contribution in [0.2, 0.25) is 5.02 Å². The van der Waals surface area contributed by atoms with Gasteiger partial charge in [0.05, 0.1) is 124 Å². The molecule has 11 amide bonds. The Bertz CT molecular complexity index is 4810. The normalized spacial score (nSPS) is 13.0. The van der Waals surface area contributed by atoms with Gasteiger partial charge in [0.15, 0.2) is 0 Å². The number of nitrogens with zero attached hydrogens (tertiary/aromatic N) is 7. The number of benzene rings is 4. The fourth-order valence-electron chi connectivity index (χ4n) is 14.7. The summed E-state index contributed by atoms with van der Waals surface area (Å²) >= 11 is 6.82. The van der Waals surface area contributed by atoms with Gasteiger partial charge in [-0.15, -0.1) is 0 Å². The number of anilines is 3. The average Bonchev–Trinajstić information content (AvgIpc) is 1.60. The first kappa shape index (κ1) is 106. The number of ether oxygens (including phenoxy) is 7. The highest BCUT2D eigenvalue weighted by Crippen LogP contribution is 2.39. The van der Waals surface area contributed by atoms with Crippen molar-refractivity contribution in [1.82, 2.24) is 56.2 Å². The summed E-state index contributed by atoms with van der Waals surface area (Å²) in [6.45, 7) is 16.9. The number of carboxylic acid groups (broad SMARTS) is 1. The zero-order valence-electron chi connectivity index (χ0n) is 77.0. The van der Waals surface area contributed by atoms with Crippen molar-refractivity contribution in [2.45, 2.75) is 156 Å². The lowest BCUT2D eigenvalue weighted by atomic mass is 9.90. The van der Waals surface area contributed by atoms with E-state index in [1.54, 1.807) is 88.7 Å². The molecule has 0 unspecified atom stereocenters. The van der Waals surface area contributed by atoms with E-state index in [0.717, 1.165) is 29.7 Å². The molecule has 130 heavy (non-hydrogen) atoms. The number of aromatic nitrogens is 2. The van der Waals surface area contributed by atoms with Crippen molar-refractivity contribution in [2.75, 3.05) is 156 Å². The van der Waals surface area contributed by atoms with Crippen molar-refractivity contribution in [3.8, 4) is 23.1 Å². The van der Waals surface area contributed by atoms with E-state index >= 15 is 9.59 Å². The Morgan fingerprint density at radius 2 is 1.25 bits per heavy atom. The van der Waals surface area contributed by atoms with Crippen LogP contribution in [0.3, 0.4) is 0 Å². The highest BCUT2D eigenvalue weighted by atomic mass is 35.5. The second kappa shape index (κ2) is 53.6. The van der Waals surface area contributed by atoms with Crippen molar-refractivity contribution >= 4 is 94.0 Å². The van der Waals surface area contributed by atoms with Gasteiger partial charge < -0.3 is 115 Å². The number of carbonyl (C=O) groups excluding carboxylic acids is 10. The molecule has 6 aromatic rings. The van der Waals surface area contributed by atoms with Crippen LogP contribution in [0.4, 0.5) is 26.7 Å². The van der Waals surface area contributed by atoms with E-state index in [4.69, 9.17) is 55.6 Å². The number of halogens is 1. The Hall–Kier alpha value is -11.5. The van der Waals surface area contributed by atoms with Crippen molar-refractivity contribution in [3.63, 3.8) is 0 Å². The van der Waals surface area contributed by atoms with Crippen molar-refractivity contribution < 1.29 is 101 Å². The molecule has 0 aliphatic carbocycles. The molecule has 0 fully saturated rings. The van der Waals surface area contributed by atoms with E-state index in [0.29, 0.717) is 98.5 Å². The third kappa shape index (κ3) is 35.1. The summed E-state index contributed by atoms with van der Waals surface area (Å²) in [7, 11) is 9.76. The molecule has 0 saturated carbocycles. The largest absolute Gasteiger partial charge is 0.508 e. The highest BCUT2D eigenvalue weighted by Gasteiger charge is 2.36. The monoisotopic (exact) mass is 1830 g/mol. The van der Waals surface area contributed by atoms with E-state index < -0.39 is 59.4 Å². The second-order valence-corrected chi connectivity index (χ2v) is 34.2. The Labute approximate surface area is 766 Å². The fourth-order valence-corrected chi connectivity index (χ4v) is 14.8. The van der Waals surface area contributed by atoms with Gasteiger partial charge in [0.2, 0.25) is 35.4 Å². The van der Waals surface area contributed by atoms with Crippen LogP contribution in [0.1, 0.15) is 152 Å². The number of carbonyl (C=O) groups is 11. The number of nitriles is 1. The van der Waals surface area contributed by atoms with Crippen LogP contribution >= 0.6 is 11.6 Å². The van der Waals surface area contributed by atoms with Gasteiger partial charge in [-0.1, -0.05) is 55.8 Å². The molecule has 37 heteroatoms. The number of primary amides is 1. The number of amides is 11. The number of hydrogen-bond acceptors (Lipinski definition) is 21. The summed E-state index contributed by atoms with van der Waals surface area (Å²) < 4.78 is 42.4. The maximum Gasteiger partial charge on any atom is 0.407 e. The predicted molar refractivity (Wildman–Crippen MR) is 490 cm³/mol. The molecule has 0 radical (unpaired) electrons. The van der Waals surface area contributed by atoms with Gasteiger partial charge in [-0.3, -0.25) is 48.1 Å². The topological polar surface area (TPSA) is 458 Å². The summed E-state index contributed by atoms with van der Waals surface area (Å²) in [5.41, 5.74) is 13.9. The summed E-state index contributed by atoms with van der Waals surface area (Å²) in [4.78, 5) is 150. The van der Waals surface area contributed by atoms with E-state index in [9.17, 15) is 53.5 Å². The molecule has 0 bridgehead atoms. The summed E-state index contributed by atoms with van der Waals surface area (Å²) in [5, 5.41) is 52.0. The number of nitrogens with one attached hydrogen (secondary N) is 8. The van der Waals surface area contributed by atoms with Crippen LogP contribution in [0, 0.1) is 31.1 Å². The molecule has 7 rings (SSSR count). The Kier molecular flexibility index (Phi) is 43.5. The molecule has 0 spiro atoms. The number of phenolic OH excluding ortho intramolecular Hbond substituents is 1. The molecular formula is C93H132ClN16O20+. The molecule has 36 nitrogen and oxygen atoms in total. The number of rotatable bonds is 56. The summed E-state index contributed by atoms with van der Waals surface area (Å²) in [5.74, 6) is -4.43. The zero-order chi connectivity index (χ0) is 95.0. The number of carboxylic acids is 1. The third-order valence-electron chi connectivity index (χ3n) is 21.8. The van der Waals surface area contributed by atoms with Crippen LogP contribution in [0.25, 0.3) is 11.3 Å². The number of aliphatic carboxylic acids is 1. The van der Waals surface area contributed by atoms with Crippen LogP contribution in [0.15, 0.2) is 97.1 Å². The lowest BCUT2D eigenvalue weighted by molar-refractivity contribution is -0.903. The molecular weight excluding hydrogens is 1700 g/mol. The van der Waals surface area contributed by atoms with Crippen LogP contribution < -0.4 is 53.2 Å². The maximum absolute atomic E-state index is 15.5. The van der Waals surface area contributed by atoms with Crippen molar-refractivity contribution in [1.29, 1.82) is 5.26 Å². The SMILES string of the molecule is CNCc1cc(NC(=O)[C@H](CCCNC(N)=O)NC(=O)[C@@H](NC(=O)CCOCCOCCOCCC(=O)NCCN(CCNC(=O)CCOCCOCCC(=O)O)C(=O)CCOCCNC(=O)OC(C)(C)C)C(C)C)ccc1C[N+](C)(C)CCC[C@@H]1Cc2ccccc2CN1C(=O)c1ccc(Cl)cc1-c1cc(C(=O)N(c2ccc(O)cc2)c2cc(C#N)n(C)c2C)c(C)n1C. The first-order valence-corrected chi connectivity index (χ1v) is 44.4. The van der Waals surface area contributed by atoms with Crippen LogP contribution in [0.5, 0.6) is 5.75 Å². The average molecular weight is 1830 g/mol. The first-order chi connectivity index (χ1) is 62.0. The number of urea groups is 1. The van der Waals surface area contributed by atoms with E-state index in [2.05, 4.69) is 74.8 Å². The van der Waals surface area contributed by atoms with Crippen molar-refractivity contribution in [2.24, 2.45) is 25.7 Å². The number of phenols is 1. The predicted octanol–water partition coefficient (Wildman–Crippen LogP) is 7.93. The number of quaternary nitrogens is 1. The van der Waals surface area contributed by atoms with Gasteiger partial charge >= 0.3 is 18.1 Å². The molecule has 1 aliphatic rings. The smallest absolute Gasteiger partial charge is 0.407 e. The Morgan fingerprint density at radius 3 is 1.84 bits per heavy atom. The number of nitrogens with two attached hydrogens (primary N) is 1. The molecule has 3 atom stereocenters. The molecule has 4 aromatic carbocycles. The van der Waals surface area contributed by atoms with Gasteiger partial charge in [-0.2, -0.15) is 5.26 Å². The summed E-state index contributed by atoms with van der Waals surface area (Å²) in [6.07, 6.45) is 1.68. The van der Waals surface area contributed by atoms with Gasteiger partial charge in [0.1, 0.15) is 41.7 Å². The first-order valence-electron chi connectivity index (χ1n) is 44.0. The van der Waals surface area contributed by atoms with Gasteiger partial charge in [0, 0.05) is 142 Å². The molecule has 1 aliphatic heterocycles. The maximum atomic E-state index is 15.5. The Morgan fingerprint density at radius 1 is 0.646 bits per heavy atom. The second-order valence-electron chi connectivity index (χ2n) is 33.7. The Balaban J connectivity index is 0.862. The molecule has 2 aromatic heterocycles. The zero-order valence-corrected chi connectivity index (χ0v) is 77.8. The van der Waals surface area contributed by atoms with E-state index in [1.165, 1.54) is 27.5 Å². The minimum atomic E-state index is -1.10. The van der Waals surface area contributed by atoms with Crippen LogP contribution in [-0.4, -0.2) is 269 Å². The number of aromatic hydroxyl groups is 1. The van der Waals surface area contributed by atoms with Gasteiger partial charge in [-0.05, 0) is 163 Å². The molecule has 3 heterocycles. The highest BCUT2D eigenvalue weighted by molar-refractivity contribution is 6.31. The third-order valence-corrected chi connectivity index (χ3v) is 22.0.